The van der Waals surface area contributed by atoms with Crippen LogP contribution in [0.15, 0.2) is 4.99 Å². The maximum atomic E-state index is 13.3. The quantitative estimate of drug-likeness (QED) is 0.0750. The highest BCUT2D eigenvalue weighted by Crippen LogP contribution is 2.20. The minimum Gasteiger partial charge on any atom is -0.480 e. The highest BCUT2D eigenvalue weighted by atomic mass is 32.2. The molecule has 0 bridgehead atoms. The zero-order chi connectivity index (χ0) is 25.0. The molecule has 10 N–H and O–H groups in total. The molecule has 1 fully saturated rings. The zero-order valence-electron chi connectivity index (χ0n) is 18.7. The largest absolute Gasteiger partial charge is 0.480 e. The normalized spacial score (nSPS) is 18.2. The lowest BCUT2D eigenvalue weighted by molar-refractivity contribution is -0.145. The van der Waals surface area contributed by atoms with Crippen molar-refractivity contribution in [1.82, 2.24) is 15.5 Å². The maximum Gasteiger partial charge on any atom is 0.328 e. The molecule has 4 atom stereocenters. The molecule has 1 saturated heterocycles. The Balaban J connectivity index is 2.93. The van der Waals surface area contributed by atoms with E-state index in [9.17, 15) is 19.2 Å². The summed E-state index contributed by atoms with van der Waals surface area (Å²) in [5, 5.41) is 23.1. The van der Waals surface area contributed by atoms with Gasteiger partial charge in [0.1, 0.15) is 18.1 Å². The Bertz CT molecular complexity index is 719. The van der Waals surface area contributed by atoms with Crippen molar-refractivity contribution in [3.05, 3.63) is 0 Å². The number of likely N-dealkylation sites (tertiary alicyclic amines) is 1. The third-order valence-corrected chi connectivity index (χ3v) is 5.81. The molecule has 0 aromatic carbocycles. The smallest absolute Gasteiger partial charge is 0.328 e. The number of hydrogen-bond donors (Lipinski definition) is 7. The van der Waals surface area contributed by atoms with Gasteiger partial charge in [0.25, 0.3) is 0 Å². The van der Waals surface area contributed by atoms with Crippen LogP contribution in [0.3, 0.4) is 0 Å². The number of guanidine groups is 1. The van der Waals surface area contributed by atoms with Crippen molar-refractivity contribution in [1.29, 1.82) is 0 Å². The third kappa shape index (κ3) is 9.43. The molecule has 13 nitrogen and oxygen atoms in total. The molecule has 3 amide bonds. The van der Waals surface area contributed by atoms with E-state index >= 15 is 0 Å². The molecule has 0 aliphatic carbocycles. The van der Waals surface area contributed by atoms with Crippen molar-refractivity contribution in [3.8, 4) is 0 Å². The number of aliphatic hydroxyl groups is 1. The monoisotopic (exact) mass is 489 g/mol. The molecule has 0 radical (unpaired) electrons. The lowest BCUT2D eigenvalue weighted by Crippen LogP contribution is -2.57. The number of carboxylic acid groups (broad SMARTS) is 1. The number of aliphatic imine (C=N–C) groups is 1. The summed E-state index contributed by atoms with van der Waals surface area (Å²) in [6, 6.07) is -4.12. The fraction of sp³-hybridized carbons (Fsp3) is 0.737. The number of aliphatic hydroxyl groups excluding tert-OH is 1. The molecule has 1 heterocycles. The Morgan fingerprint density at radius 2 is 1.88 bits per heavy atom. The minimum absolute atomic E-state index is 0.0888. The zero-order valence-corrected chi connectivity index (χ0v) is 19.6. The summed E-state index contributed by atoms with van der Waals surface area (Å²) in [4.78, 5) is 54.7. The number of aliphatic carboxylic acids is 1. The molecule has 1 rings (SSSR count). The molecule has 188 valence electrons. The number of carbonyl (C=O) groups is 4. The van der Waals surface area contributed by atoms with Crippen LogP contribution in [0.4, 0.5) is 0 Å². The molecule has 0 saturated carbocycles. The molecular formula is C19H35N7O6S. The molecule has 4 unspecified atom stereocenters. The van der Waals surface area contributed by atoms with Crippen LogP contribution in [0, 0.1) is 0 Å². The first-order valence-corrected chi connectivity index (χ1v) is 12.1. The summed E-state index contributed by atoms with van der Waals surface area (Å²) in [5.74, 6) is -2.42. The van der Waals surface area contributed by atoms with E-state index in [1.807, 2.05) is 6.26 Å². The SMILES string of the molecule is CSCCC(N)C(=O)NC(CCCN=C(N)N)C(=O)N1CCCC1C(=O)NC(CO)C(=O)O. The number of rotatable bonds is 14. The van der Waals surface area contributed by atoms with E-state index in [4.69, 9.17) is 27.4 Å². The lowest BCUT2D eigenvalue weighted by atomic mass is 10.1. The number of thioether (sulfide) groups is 1. The Kier molecular flexibility index (Phi) is 12.5. The van der Waals surface area contributed by atoms with Crippen molar-refractivity contribution in [3.63, 3.8) is 0 Å². The first-order chi connectivity index (χ1) is 15.6. The van der Waals surface area contributed by atoms with E-state index in [2.05, 4.69) is 15.6 Å². The molecular weight excluding hydrogens is 454 g/mol. The summed E-state index contributed by atoms with van der Waals surface area (Å²) in [6.45, 7) is -0.257. The number of carboxylic acids is 1. The van der Waals surface area contributed by atoms with Gasteiger partial charge in [-0.25, -0.2) is 4.79 Å². The fourth-order valence-electron chi connectivity index (χ4n) is 3.37. The number of amides is 3. The Morgan fingerprint density at radius 3 is 2.45 bits per heavy atom. The second-order valence-corrected chi connectivity index (χ2v) is 8.66. The number of carbonyl (C=O) groups excluding carboxylic acids is 3. The third-order valence-electron chi connectivity index (χ3n) is 5.17. The summed E-state index contributed by atoms with van der Waals surface area (Å²) in [6.07, 6.45) is 3.81. The summed E-state index contributed by atoms with van der Waals surface area (Å²) in [5.41, 5.74) is 16.6. The van der Waals surface area contributed by atoms with Crippen molar-refractivity contribution in [2.75, 3.05) is 31.7 Å². The van der Waals surface area contributed by atoms with Crippen molar-refractivity contribution >= 4 is 41.4 Å². The van der Waals surface area contributed by atoms with Crippen LogP contribution in [-0.2, 0) is 19.2 Å². The van der Waals surface area contributed by atoms with Gasteiger partial charge in [0.15, 0.2) is 5.96 Å². The van der Waals surface area contributed by atoms with Crippen LogP contribution in [0.25, 0.3) is 0 Å². The van der Waals surface area contributed by atoms with Gasteiger partial charge < -0.3 is 42.9 Å². The predicted octanol–water partition coefficient (Wildman–Crippen LogP) is -2.84. The predicted molar refractivity (Wildman–Crippen MR) is 124 cm³/mol. The van der Waals surface area contributed by atoms with Gasteiger partial charge in [-0.3, -0.25) is 19.4 Å². The minimum atomic E-state index is -1.47. The first kappa shape index (κ1) is 28.5. The second kappa shape index (κ2) is 14.5. The lowest BCUT2D eigenvalue weighted by Gasteiger charge is -2.29. The summed E-state index contributed by atoms with van der Waals surface area (Å²) >= 11 is 1.55. The fourth-order valence-corrected chi connectivity index (χ4v) is 3.86. The van der Waals surface area contributed by atoms with Crippen LogP contribution in [0.2, 0.25) is 0 Å². The van der Waals surface area contributed by atoms with Gasteiger partial charge in [0, 0.05) is 13.1 Å². The van der Waals surface area contributed by atoms with Crippen molar-refractivity contribution in [2.45, 2.75) is 56.3 Å². The standard InChI is InChI=1S/C19H35N7O6S/c1-33-9-6-11(20)15(28)24-12(4-2-7-23-19(21)22)17(30)26-8-3-5-14(26)16(29)25-13(10-27)18(31)32/h11-14,27H,2-10,20H2,1H3,(H,24,28)(H,25,29)(H,31,32)(H4,21,22,23). The number of nitrogens with one attached hydrogen (secondary N) is 2. The topological polar surface area (TPSA) is 226 Å². The number of nitrogens with zero attached hydrogens (tertiary/aromatic N) is 2. The van der Waals surface area contributed by atoms with Crippen LogP contribution < -0.4 is 27.8 Å². The Labute approximate surface area is 196 Å². The average molecular weight is 490 g/mol. The van der Waals surface area contributed by atoms with Crippen LogP contribution in [0.5, 0.6) is 0 Å². The van der Waals surface area contributed by atoms with Crippen LogP contribution in [0.1, 0.15) is 32.1 Å². The summed E-state index contributed by atoms with van der Waals surface area (Å²) < 4.78 is 0. The van der Waals surface area contributed by atoms with E-state index in [0.717, 1.165) is 0 Å². The second-order valence-electron chi connectivity index (χ2n) is 7.67. The molecule has 14 heteroatoms. The maximum absolute atomic E-state index is 13.3. The van der Waals surface area contributed by atoms with Crippen LogP contribution in [-0.4, -0.2) is 101 Å². The van der Waals surface area contributed by atoms with Gasteiger partial charge in [0.05, 0.1) is 12.6 Å². The molecule has 0 aromatic rings. The van der Waals surface area contributed by atoms with Crippen LogP contribution >= 0.6 is 11.8 Å². The molecule has 1 aliphatic heterocycles. The van der Waals surface area contributed by atoms with E-state index < -0.39 is 54.5 Å². The van der Waals surface area contributed by atoms with Crippen molar-refractivity contribution in [2.24, 2.45) is 22.2 Å². The highest BCUT2D eigenvalue weighted by molar-refractivity contribution is 7.98. The van der Waals surface area contributed by atoms with Gasteiger partial charge in [-0.05, 0) is 44.1 Å². The van der Waals surface area contributed by atoms with Gasteiger partial charge in [0.2, 0.25) is 17.7 Å². The van der Waals surface area contributed by atoms with Gasteiger partial charge >= 0.3 is 5.97 Å². The number of nitrogens with two attached hydrogens (primary N) is 3. The average Bonchev–Trinajstić information content (AvgIpc) is 3.26. The number of hydrogen-bond acceptors (Lipinski definition) is 8. The van der Waals surface area contributed by atoms with E-state index in [-0.39, 0.29) is 25.5 Å². The van der Waals surface area contributed by atoms with E-state index in [0.29, 0.717) is 31.4 Å². The van der Waals surface area contributed by atoms with Gasteiger partial charge in [-0.15, -0.1) is 0 Å². The Hall–Kier alpha value is -2.58. The molecule has 0 aromatic heterocycles. The molecule has 1 aliphatic rings. The molecule has 33 heavy (non-hydrogen) atoms. The van der Waals surface area contributed by atoms with Crippen molar-refractivity contribution < 1.29 is 29.4 Å². The Morgan fingerprint density at radius 1 is 1.18 bits per heavy atom. The van der Waals surface area contributed by atoms with E-state index in [1.54, 1.807) is 11.8 Å². The highest BCUT2D eigenvalue weighted by Gasteiger charge is 2.38. The van der Waals surface area contributed by atoms with Gasteiger partial charge in [-0.2, -0.15) is 11.8 Å². The van der Waals surface area contributed by atoms with E-state index in [1.165, 1.54) is 4.90 Å². The first-order valence-electron chi connectivity index (χ1n) is 10.7. The van der Waals surface area contributed by atoms with Gasteiger partial charge in [-0.1, -0.05) is 0 Å². The molecule has 0 spiro atoms. The summed E-state index contributed by atoms with van der Waals surface area (Å²) in [7, 11) is 0.